The van der Waals surface area contributed by atoms with Crippen molar-refractivity contribution in [1.29, 1.82) is 0 Å². The molecule has 0 fully saturated rings. The van der Waals surface area contributed by atoms with Crippen molar-refractivity contribution < 1.29 is 4.79 Å². The molecule has 0 aliphatic rings. The number of hydrazone groups is 1. The lowest BCUT2D eigenvalue weighted by Gasteiger charge is -1.97. The van der Waals surface area contributed by atoms with Crippen LogP contribution in [0.25, 0.3) is 0 Å². The van der Waals surface area contributed by atoms with Crippen LogP contribution in [0.5, 0.6) is 0 Å². The predicted octanol–water partition coefficient (Wildman–Crippen LogP) is 4.19. The maximum atomic E-state index is 11.7. The van der Waals surface area contributed by atoms with Gasteiger partial charge in [-0.2, -0.15) is 5.10 Å². The minimum atomic E-state index is -0.274. The molecule has 0 bridgehead atoms. The highest BCUT2D eigenvalue weighted by Crippen LogP contribution is 2.39. The van der Waals surface area contributed by atoms with Crippen LogP contribution in [-0.4, -0.2) is 17.1 Å². The Morgan fingerprint density at radius 3 is 2.53 bits per heavy atom. The van der Waals surface area contributed by atoms with E-state index in [9.17, 15) is 4.79 Å². The molecule has 2 aromatic rings. The number of thiophene rings is 1. The standard InChI is InChI=1S/C11H6Br3N3OS/c12-8-7(19-10(14)9(8)13)5-16-17-11(18)6-1-3-15-4-2-6/h1-5H,(H,17,18)/b16-5-. The number of carbonyl (C=O) groups is 1. The van der Waals surface area contributed by atoms with Gasteiger partial charge in [-0.15, -0.1) is 11.3 Å². The number of pyridine rings is 1. The number of rotatable bonds is 3. The fraction of sp³-hybridized carbons (Fsp3) is 0. The monoisotopic (exact) mass is 465 g/mol. The molecule has 4 nitrogen and oxygen atoms in total. The topological polar surface area (TPSA) is 54.4 Å². The van der Waals surface area contributed by atoms with Crippen molar-refractivity contribution in [2.24, 2.45) is 5.10 Å². The SMILES string of the molecule is O=C(N/N=C\c1sc(Br)c(Br)c1Br)c1ccncc1. The van der Waals surface area contributed by atoms with Crippen LogP contribution in [-0.2, 0) is 0 Å². The van der Waals surface area contributed by atoms with E-state index in [1.54, 1.807) is 30.7 Å². The lowest BCUT2D eigenvalue weighted by atomic mass is 10.3. The second-order valence-corrected chi connectivity index (χ2v) is 7.26. The molecular weight excluding hydrogens is 462 g/mol. The van der Waals surface area contributed by atoms with Crippen LogP contribution in [0.2, 0.25) is 0 Å². The van der Waals surface area contributed by atoms with E-state index in [0.717, 1.165) is 17.6 Å². The largest absolute Gasteiger partial charge is 0.271 e. The highest BCUT2D eigenvalue weighted by Gasteiger charge is 2.10. The molecule has 2 heterocycles. The Labute approximate surface area is 138 Å². The molecule has 0 aliphatic heterocycles. The molecule has 8 heteroatoms. The summed E-state index contributed by atoms with van der Waals surface area (Å²) in [6.07, 6.45) is 4.70. The molecule has 98 valence electrons. The summed E-state index contributed by atoms with van der Waals surface area (Å²) in [5, 5.41) is 3.93. The number of nitrogens with zero attached hydrogens (tertiary/aromatic N) is 2. The van der Waals surface area contributed by atoms with Crippen LogP contribution in [0.1, 0.15) is 15.2 Å². The van der Waals surface area contributed by atoms with E-state index >= 15 is 0 Å². The van der Waals surface area contributed by atoms with Crippen LogP contribution >= 0.6 is 59.1 Å². The van der Waals surface area contributed by atoms with Crippen molar-refractivity contribution in [2.75, 3.05) is 0 Å². The van der Waals surface area contributed by atoms with E-state index in [-0.39, 0.29) is 5.91 Å². The van der Waals surface area contributed by atoms with Gasteiger partial charge in [0.05, 0.1) is 23.8 Å². The van der Waals surface area contributed by atoms with Gasteiger partial charge in [-0.05, 0) is 59.9 Å². The second kappa shape index (κ2) is 6.74. The molecule has 1 amide bonds. The number of nitrogens with one attached hydrogen (secondary N) is 1. The van der Waals surface area contributed by atoms with Crippen LogP contribution < -0.4 is 5.43 Å². The maximum Gasteiger partial charge on any atom is 0.271 e. The molecule has 0 atom stereocenters. The van der Waals surface area contributed by atoms with Gasteiger partial charge in [0.15, 0.2) is 0 Å². The van der Waals surface area contributed by atoms with Crippen LogP contribution in [0.3, 0.4) is 0 Å². The van der Waals surface area contributed by atoms with Gasteiger partial charge in [0.2, 0.25) is 0 Å². The van der Waals surface area contributed by atoms with Crippen LogP contribution in [0, 0.1) is 0 Å². The van der Waals surface area contributed by atoms with Gasteiger partial charge >= 0.3 is 0 Å². The summed E-state index contributed by atoms with van der Waals surface area (Å²) in [4.78, 5) is 16.5. The van der Waals surface area contributed by atoms with Crippen molar-refractivity contribution in [1.82, 2.24) is 10.4 Å². The Bertz CT molecular complexity index is 628. The van der Waals surface area contributed by atoms with E-state index in [1.807, 2.05) is 0 Å². The number of amides is 1. The zero-order valence-corrected chi connectivity index (χ0v) is 14.8. The number of aromatic nitrogens is 1. The Morgan fingerprint density at radius 1 is 1.26 bits per heavy atom. The Hall–Kier alpha value is -0.570. The molecule has 2 aromatic heterocycles. The zero-order chi connectivity index (χ0) is 13.8. The van der Waals surface area contributed by atoms with Gasteiger partial charge < -0.3 is 0 Å². The number of hydrogen-bond acceptors (Lipinski definition) is 4. The maximum absolute atomic E-state index is 11.7. The van der Waals surface area contributed by atoms with E-state index in [0.29, 0.717) is 5.56 Å². The lowest BCUT2D eigenvalue weighted by molar-refractivity contribution is 0.0955. The van der Waals surface area contributed by atoms with E-state index in [4.69, 9.17) is 0 Å². The van der Waals surface area contributed by atoms with Crippen molar-refractivity contribution in [2.45, 2.75) is 0 Å². The zero-order valence-electron chi connectivity index (χ0n) is 9.23. The lowest BCUT2D eigenvalue weighted by Crippen LogP contribution is -2.17. The molecule has 0 saturated carbocycles. The minimum Gasteiger partial charge on any atom is -0.267 e. The average Bonchev–Trinajstić information content (AvgIpc) is 2.67. The molecule has 0 saturated heterocycles. The second-order valence-electron chi connectivity index (χ2n) is 3.30. The first-order valence-corrected chi connectivity index (χ1v) is 8.16. The molecule has 0 aromatic carbocycles. The fourth-order valence-corrected chi connectivity index (χ4v) is 4.11. The molecule has 2 rings (SSSR count). The van der Waals surface area contributed by atoms with Gasteiger partial charge in [-0.1, -0.05) is 0 Å². The summed E-state index contributed by atoms with van der Waals surface area (Å²) in [6, 6.07) is 3.25. The van der Waals surface area contributed by atoms with Gasteiger partial charge in [-0.25, -0.2) is 5.43 Å². The van der Waals surface area contributed by atoms with Crippen LogP contribution in [0.4, 0.5) is 0 Å². The Balaban J connectivity index is 2.04. The highest BCUT2D eigenvalue weighted by atomic mass is 79.9. The van der Waals surface area contributed by atoms with E-state index < -0.39 is 0 Å². The predicted molar refractivity (Wildman–Crippen MR) is 86.7 cm³/mol. The molecule has 19 heavy (non-hydrogen) atoms. The number of halogens is 3. The average molecular weight is 468 g/mol. The van der Waals surface area contributed by atoms with Crippen LogP contribution in [0.15, 0.2) is 42.4 Å². The minimum absolute atomic E-state index is 0.274. The first-order valence-electron chi connectivity index (χ1n) is 4.96. The normalized spacial score (nSPS) is 10.9. The third-order valence-corrected chi connectivity index (χ3v) is 7.07. The van der Waals surface area contributed by atoms with Gasteiger partial charge in [0.1, 0.15) is 0 Å². The molecule has 0 aliphatic carbocycles. The van der Waals surface area contributed by atoms with Crippen molar-refractivity contribution in [3.8, 4) is 0 Å². The Morgan fingerprint density at radius 2 is 1.95 bits per heavy atom. The van der Waals surface area contributed by atoms with Crippen molar-refractivity contribution in [3.05, 3.63) is 47.7 Å². The molecule has 0 unspecified atom stereocenters. The Kier molecular flexibility index (Phi) is 5.26. The molecule has 1 N–H and O–H groups in total. The quantitative estimate of drug-likeness (QED) is 0.543. The fourth-order valence-electron chi connectivity index (χ4n) is 1.18. The summed E-state index contributed by atoms with van der Waals surface area (Å²) in [5.41, 5.74) is 2.97. The summed E-state index contributed by atoms with van der Waals surface area (Å²) in [5.74, 6) is -0.274. The highest BCUT2D eigenvalue weighted by molar-refractivity contribution is 9.14. The smallest absolute Gasteiger partial charge is 0.267 e. The first-order chi connectivity index (χ1) is 9.09. The summed E-state index contributed by atoms with van der Waals surface area (Å²) in [7, 11) is 0. The number of hydrogen-bond donors (Lipinski definition) is 1. The third kappa shape index (κ3) is 3.71. The molecular formula is C11H6Br3N3OS. The van der Waals surface area contributed by atoms with Crippen molar-refractivity contribution >= 4 is 71.2 Å². The van der Waals surface area contributed by atoms with Gasteiger partial charge in [0, 0.05) is 18.0 Å². The third-order valence-electron chi connectivity index (χ3n) is 2.07. The van der Waals surface area contributed by atoms with Gasteiger partial charge in [0.25, 0.3) is 5.91 Å². The summed E-state index contributed by atoms with van der Waals surface area (Å²) >= 11 is 11.8. The summed E-state index contributed by atoms with van der Waals surface area (Å²) < 4.78 is 2.78. The van der Waals surface area contributed by atoms with Crippen molar-refractivity contribution in [3.63, 3.8) is 0 Å². The molecule has 0 radical (unpaired) electrons. The van der Waals surface area contributed by atoms with Gasteiger partial charge in [-0.3, -0.25) is 9.78 Å². The molecule has 0 spiro atoms. The van der Waals surface area contributed by atoms with E-state index in [1.165, 1.54) is 11.3 Å². The first kappa shape index (κ1) is 14.8. The number of carbonyl (C=O) groups excluding carboxylic acids is 1. The summed E-state index contributed by atoms with van der Waals surface area (Å²) in [6.45, 7) is 0. The van der Waals surface area contributed by atoms with E-state index in [2.05, 4.69) is 63.3 Å².